The maximum atomic E-state index is 15.0. The van der Waals surface area contributed by atoms with Crippen LogP contribution in [0.15, 0.2) is 60.7 Å². The first-order valence-electron chi connectivity index (χ1n) is 7.07. The van der Waals surface area contributed by atoms with E-state index in [9.17, 15) is 4.79 Å². The highest BCUT2D eigenvalue weighted by Gasteiger charge is 2.43. The third-order valence-corrected chi connectivity index (χ3v) is 3.62. The molecule has 0 saturated heterocycles. The van der Waals surface area contributed by atoms with Crippen LogP contribution in [0.25, 0.3) is 0 Å². The van der Waals surface area contributed by atoms with E-state index in [4.69, 9.17) is 4.74 Å². The van der Waals surface area contributed by atoms with E-state index in [2.05, 4.69) is 0 Å². The van der Waals surface area contributed by atoms with Crippen LogP contribution in [0.1, 0.15) is 31.7 Å². The Balaban J connectivity index is 2.21. The standard InChI is InChI=1S/C18H19FO2/c1-3-16(14-10-6-4-7-11-14)18(2,19)17(20)21-15-12-8-5-9-13-15/h4-13,16H,3H2,1-2H3. The highest BCUT2D eigenvalue weighted by molar-refractivity contribution is 5.82. The first kappa shape index (κ1) is 15.2. The van der Waals surface area contributed by atoms with Crippen molar-refractivity contribution in [3.8, 4) is 5.75 Å². The van der Waals surface area contributed by atoms with Gasteiger partial charge in [-0.1, -0.05) is 55.5 Å². The molecule has 0 aliphatic heterocycles. The molecule has 0 fully saturated rings. The maximum Gasteiger partial charge on any atom is 0.349 e. The zero-order valence-corrected chi connectivity index (χ0v) is 12.3. The summed E-state index contributed by atoms with van der Waals surface area (Å²) in [4.78, 5) is 12.2. The topological polar surface area (TPSA) is 26.3 Å². The summed E-state index contributed by atoms with van der Waals surface area (Å²) in [5.41, 5.74) is -1.28. The largest absolute Gasteiger partial charge is 0.424 e. The summed E-state index contributed by atoms with van der Waals surface area (Å²) in [5, 5.41) is 0. The Kier molecular flexibility index (Phi) is 4.73. The van der Waals surface area contributed by atoms with E-state index in [1.54, 1.807) is 24.3 Å². The predicted molar refractivity (Wildman–Crippen MR) is 81.1 cm³/mol. The summed E-state index contributed by atoms with van der Waals surface area (Å²) >= 11 is 0. The predicted octanol–water partition coefficient (Wildman–Crippen LogP) is 4.51. The first-order chi connectivity index (χ1) is 10.1. The number of halogens is 1. The molecule has 2 unspecified atom stereocenters. The molecule has 2 atom stereocenters. The van der Waals surface area contributed by atoms with E-state index in [0.717, 1.165) is 5.56 Å². The Bertz CT molecular complexity index is 579. The average Bonchev–Trinajstić information content (AvgIpc) is 2.50. The molecule has 2 nitrogen and oxygen atoms in total. The van der Waals surface area contributed by atoms with Gasteiger partial charge in [0.05, 0.1) is 0 Å². The Hall–Kier alpha value is -2.16. The van der Waals surface area contributed by atoms with Gasteiger partial charge in [0.2, 0.25) is 5.67 Å². The van der Waals surface area contributed by atoms with Crippen LogP contribution in [0.2, 0.25) is 0 Å². The molecule has 0 bridgehead atoms. The van der Waals surface area contributed by atoms with E-state index in [1.807, 2.05) is 43.3 Å². The lowest BCUT2D eigenvalue weighted by Crippen LogP contribution is -2.40. The molecule has 0 radical (unpaired) electrons. The minimum atomic E-state index is -2.08. The van der Waals surface area contributed by atoms with Gasteiger partial charge in [0.25, 0.3) is 0 Å². The zero-order chi connectivity index (χ0) is 15.3. The van der Waals surface area contributed by atoms with Crippen LogP contribution in [0.3, 0.4) is 0 Å². The Morgan fingerprint density at radius 2 is 1.62 bits per heavy atom. The van der Waals surface area contributed by atoms with Crippen LogP contribution < -0.4 is 4.74 Å². The molecule has 3 heteroatoms. The minimum absolute atomic E-state index is 0.356. The van der Waals surface area contributed by atoms with Crippen molar-refractivity contribution in [2.45, 2.75) is 31.9 Å². The van der Waals surface area contributed by atoms with Gasteiger partial charge in [0.1, 0.15) is 5.75 Å². The summed E-state index contributed by atoms with van der Waals surface area (Å²) < 4.78 is 20.2. The summed E-state index contributed by atoms with van der Waals surface area (Å²) in [6, 6.07) is 17.8. The molecule has 0 aliphatic rings. The second-order valence-electron chi connectivity index (χ2n) is 5.15. The lowest BCUT2D eigenvalue weighted by molar-refractivity contribution is -0.148. The van der Waals surface area contributed by atoms with Crippen molar-refractivity contribution in [2.24, 2.45) is 0 Å². The lowest BCUT2D eigenvalue weighted by atomic mass is 9.83. The van der Waals surface area contributed by atoms with E-state index in [1.165, 1.54) is 6.92 Å². The molecule has 0 amide bonds. The van der Waals surface area contributed by atoms with Crippen molar-refractivity contribution < 1.29 is 13.9 Å². The van der Waals surface area contributed by atoms with Gasteiger partial charge in [0.15, 0.2) is 0 Å². The second kappa shape index (κ2) is 6.53. The first-order valence-corrected chi connectivity index (χ1v) is 7.07. The second-order valence-corrected chi connectivity index (χ2v) is 5.15. The van der Waals surface area contributed by atoms with Crippen LogP contribution >= 0.6 is 0 Å². The molecule has 0 spiro atoms. The average molecular weight is 286 g/mol. The zero-order valence-electron chi connectivity index (χ0n) is 12.3. The number of para-hydroxylation sites is 1. The number of esters is 1. The van der Waals surface area contributed by atoms with Crippen LogP contribution in [0.4, 0.5) is 4.39 Å². The number of rotatable bonds is 5. The van der Waals surface area contributed by atoms with Gasteiger partial charge in [0, 0.05) is 5.92 Å². The van der Waals surface area contributed by atoms with Gasteiger partial charge in [-0.15, -0.1) is 0 Å². The van der Waals surface area contributed by atoms with Gasteiger partial charge in [-0.05, 0) is 31.0 Å². The highest BCUT2D eigenvalue weighted by atomic mass is 19.1. The SMILES string of the molecule is CCC(c1ccccc1)C(C)(F)C(=O)Oc1ccccc1. The third-order valence-electron chi connectivity index (χ3n) is 3.62. The summed E-state index contributed by atoms with van der Waals surface area (Å²) in [6.45, 7) is 3.16. The van der Waals surface area contributed by atoms with Crippen LogP contribution in [-0.2, 0) is 4.79 Å². The Labute approximate surface area is 124 Å². The minimum Gasteiger partial charge on any atom is -0.424 e. The van der Waals surface area contributed by atoms with Crippen molar-refractivity contribution in [1.82, 2.24) is 0 Å². The van der Waals surface area contributed by atoms with Crippen LogP contribution in [0.5, 0.6) is 5.75 Å². The van der Waals surface area contributed by atoms with Gasteiger partial charge >= 0.3 is 5.97 Å². The van der Waals surface area contributed by atoms with Crippen molar-refractivity contribution >= 4 is 5.97 Å². The Morgan fingerprint density at radius 3 is 2.14 bits per heavy atom. The third kappa shape index (κ3) is 3.48. The molecule has 2 aromatic rings. The smallest absolute Gasteiger partial charge is 0.349 e. The Morgan fingerprint density at radius 1 is 1.10 bits per heavy atom. The van der Waals surface area contributed by atoms with Crippen molar-refractivity contribution in [2.75, 3.05) is 0 Å². The molecule has 0 aromatic heterocycles. The monoisotopic (exact) mass is 286 g/mol. The van der Waals surface area contributed by atoms with E-state index < -0.39 is 17.6 Å². The number of ether oxygens (including phenoxy) is 1. The molecule has 0 heterocycles. The molecule has 0 N–H and O–H groups in total. The quantitative estimate of drug-likeness (QED) is 0.597. The van der Waals surface area contributed by atoms with E-state index in [0.29, 0.717) is 12.2 Å². The fourth-order valence-corrected chi connectivity index (χ4v) is 2.45. The number of benzene rings is 2. The van der Waals surface area contributed by atoms with Gasteiger partial charge < -0.3 is 4.74 Å². The molecular weight excluding hydrogens is 267 g/mol. The number of alkyl halides is 1. The fourth-order valence-electron chi connectivity index (χ4n) is 2.45. The van der Waals surface area contributed by atoms with Gasteiger partial charge in [-0.25, -0.2) is 9.18 Å². The summed E-state index contributed by atoms with van der Waals surface area (Å²) in [7, 11) is 0. The van der Waals surface area contributed by atoms with Gasteiger partial charge in [-0.3, -0.25) is 0 Å². The van der Waals surface area contributed by atoms with Crippen molar-refractivity contribution in [3.05, 3.63) is 66.2 Å². The van der Waals surface area contributed by atoms with E-state index >= 15 is 4.39 Å². The molecule has 110 valence electrons. The highest BCUT2D eigenvalue weighted by Crippen LogP contribution is 2.35. The summed E-state index contributed by atoms with van der Waals surface area (Å²) in [6.07, 6.45) is 0.515. The van der Waals surface area contributed by atoms with Crippen LogP contribution in [0, 0.1) is 0 Å². The van der Waals surface area contributed by atoms with Crippen LogP contribution in [-0.4, -0.2) is 11.6 Å². The molecule has 21 heavy (non-hydrogen) atoms. The molecular formula is C18H19FO2. The molecule has 2 aromatic carbocycles. The lowest BCUT2D eigenvalue weighted by Gasteiger charge is -2.28. The van der Waals surface area contributed by atoms with E-state index in [-0.39, 0.29) is 0 Å². The number of carbonyl (C=O) groups excluding carboxylic acids is 1. The van der Waals surface area contributed by atoms with Gasteiger partial charge in [-0.2, -0.15) is 0 Å². The number of hydrogen-bond donors (Lipinski definition) is 0. The molecule has 0 aliphatic carbocycles. The number of hydrogen-bond acceptors (Lipinski definition) is 2. The fraction of sp³-hybridized carbons (Fsp3) is 0.278. The summed E-state index contributed by atoms with van der Waals surface area (Å²) in [5.74, 6) is -1.03. The maximum absolute atomic E-state index is 15.0. The molecule has 0 saturated carbocycles. The van der Waals surface area contributed by atoms with Crippen molar-refractivity contribution in [1.29, 1.82) is 0 Å². The number of carbonyl (C=O) groups is 1. The normalized spacial score (nSPS) is 15.0. The van der Waals surface area contributed by atoms with Crippen molar-refractivity contribution in [3.63, 3.8) is 0 Å². The molecule has 2 rings (SSSR count).